The number of carboxylic acids is 2. The van der Waals surface area contributed by atoms with Gasteiger partial charge in [0.1, 0.15) is 0 Å². The molecule has 2 rings (SSSR count). The van der Waals surface area contributed by atoms with Gasteiger partial charge in [0.15, 0.2) is 0 Å². The van der Waals surface area contributed by atoms with E-state index in [4.69, 9.17) is 15.3 Å². The van der Waals surface area contributed by atoms with E-state index in [1.54, 1.807) is 67.6 Å². The van der Waals surface area contributed by atoms with Gasteiger partial charge >= 0.3 is 11.9 Å². The maximum Gasteiger partial charge on any atom is 0.335 e. The Morgan fingerprint density at radius 1 is 0.679 bits per heavy atom. The second kappa shape index (κ2) is 13.5. The molecule has 2 aromatic carbocycles. The highest BCUT2D eigenvalue weighted by molar-refractivity contribution is 5.87. The van der Waals surface area contributed by atoms with Crippen LogP contribution in [0.2, 0.25) is 0 Å². The van der Waals surface area contributed by atoms with Gasteiger partial charge in [0, 0.05) is 0 Å². The Hall–Kier alpha value is -2.70. The summed E-state index contributed by atoms with van der Waals surface area (Å²) in [7, 11) is 0. The largest absolute Gasteiger partial charge is 0.478 e. The summed E-state index contributed by atoms with van der Waals surface area (Å²) in [4.78, 5) is 20.4. The predicted molar refractivity (Wildman–Crippen MR) is 108 cm³/mol. The molecular weight excluding hydrogens is 360 g/mol. The summed E-state index contributed by atoms with van der Waals surface area (Å²) in [5, 5.41) is 35.1. The van der Waals surface area contributed by atoms with Crippen molar-refractivity contribution >= 4 is 11.9 Å². The van der Waals surface area contributed by atoms with Crippen LogP contribution in [0, 0.1) is 11.8 Å². The van der Waals surface area contributed by atoms with Crippen molar-refractivity contribution < 1.29 is 30.0 Å². The molecule has 2 aromatic rings. The predicted octanol–water partition coefficient (Wildman–Crippen LogP) is 3.79. The molecule has 3 atom stereocenters. The first kappa shape index (κ1) is 25.3. The topological polar surface area (TPSA) is 115 Å². The Labute approximate surface area is 166 Å². The van der Waals surface area contributed by atoms with Gasteiger partial charge in [0.05, 0.1) is 23.3 Å². The highest BCUT2D eigenvalue weighted by atomic mass is 16.4. The third kappa shape index (κ3) is 10.4. The molecule has 6 heteroatoms. The molecule has 0 heterocycles. The van der Waals surface area contributed by atoms with Crippen molar-refractivity contribution in [2.45, 2.75) is 39.9 Å². The van der Waals surface area contributed by atoms with E-state index >= 15 is 0 Å². The van der Waals surface area contributed by atoms with E-state index in [0.717, 1.165) is 0 Å². The van der Waals surface area contributed by atoms with Crippen molar-refractivity contribution in [2.24, 2.45) is 11.8 Å². The maximum atomic E-state index is 10.2. The van der Waals surface area contributed by atoms with Crippen LogP contribution in [0.3, 0.4) is 0 Å². The molecule has 3 unspecified atom stereocenters. The zero-order valence-electron chi connectivity index (χ0n) is 16.7. The number of rotatable bonds is 5. The lowest BCUT2D eigenvalue weighted by Crippen LogP contribution is -2.32. The highest BCUT2D eigenvalue weighted by Gasteiger charge is 2.21. The zero-order chi connectivity index (χ0) is 21.7. The molecule has 0 fully saturated rings. The van der Waals surface area contributed by atoms with Gasteiger partial charge in [0.2, 0.25) is 0 Å². The van der Waals surface area contributed by atoms with Gasteiger partial charge < -0.3 is 20.4 Å². The molecule has 0 aromatic heterocycles. The van der Waals surface area contributed by atoms with Crippen LogP contribution in [0.4, 0.5) is 0 Å². The van der Waals surface area contributed by atoms with Gasteiger partial charge in [-0.15, -0.1) is 0 Å². The normalized spacial score (nSPS) is 13.1. The summed E-state index contributed by atoms with van der Waals surface area (Å²) in [5.74, 6) is -1.17. The first-order valence-corrected chi connectivity index (χ1v) is 9.00. The summed E-state index contributed by atoms with van der Waals surface area (Å²) in [6.45, 7) is 7.64. The molecule has 0 aliphatic rings. The third-order valence-corrected chi connectivity index (χ3v) is 4.13. The smallest absolute Gasteiger partial charge is 0.335 e. The molecule has 4 N–H and O–H groups in total. The first-order valence-electron chi connectivity index (χ1n) is 9.00. The summed E-state index contributed by atoms with van der Waals surface area (Å²) in [6.07, 6.45) is -1.20. The molecule has 0 saturated carbocycles. The minimum Gasteiger partial charge on any atom is -0.478 e. The number of carboxylic acid groups (broad SMARTS) is 2. The Morgan fingerprint density at radius 3 is 1.14 bits per heavy atom. The Morgan fingerprint density at radius 2 is 1.00 bits per heavy atom. The Kier molecular flexibility index (Phi) is 12.2. The minimum absolute atomic E-state index is 0.167. The summed E-state index contributed by atoms with van der Waals surface area (Å²) >= 11 is 0. The van der Waals surface area contributed by atoms with Crippen LogP contribution in [-0.4, -0.2) is 44.6 Å². The van der Waals surface area contributed by atoms with Gasteiger partial charge in [-0.25, -0.2) is 9.59 Å². The van der Waals surface area contributed by atoms with Crippen LogP contribution in [0.25, 0.3) is 0 Å². The molecule has 0 bridgehead atoms. The number of aliphatic hydroxyl groups excluding tert-OH is 2. The molecule has 28 heavy (non-hydrogen) atoms. The number of carbonyl (C=O) groups is 2. The van der Waals surface area contributed by atoms with Crippen molar-refractivity contribution in [3.05, 3.63) is 71.8 Å². The summed E-state index contributed by atoms with van der Waals surface area (Å²) in [5.41, 5.74) is 0.662. The molecule has 0 aliphatic carbocycles. The van der Waals surface area contributed by atoms with Crippen molar-refractivity contribution in [1.82, 2.24) is 0 Å². The van der Waals surface area contributed by atoms with Crippen LogP contribution in [0.5, 0.6) is 0 Å². The third-order valence-electron chi connectivity index (χ3n) is 4.13. The van der Waals surface area contributed by atoms with Gasteiger partial charge in [-0.05, 0) is 43.0 Å². The van der Waals surface area contributed by atoms with E-state index < -0.39 is 24.1 Å². The number of hydrogen-bond acceptors (Lipinski definition) is 4. The zero-order valence-corrected chi connectivity index (χ0v) is 16.7. The molecular formula is C22H30O6. The van der Waals surface area contributed by atoms with Crippen molar-refractivity contribution in [3.63, 3.8) is 0 Å². The maximum absolute atomic E-state index is 10.2. The Balaban J connectivity index is 0.000000391. The molecule has 154 valence electrons. The van der Waals surface area contributed by atoms with Gasteiger partial charge in [-0.3, -0.25) is 0 Å². The van der Waals surface area contributed by atoms with E-state index in [-0.39, 0.29) is 5.92 Å². The van der Waals surface area contributed by atoms with Gasteiger partial charge in [-0.1, -0.05) is 57.2 Å². The number of aliphatic hydroxyl groups is 2. The molecule has 0 aliphatic heterocycles. The van der Waals surface area contributed by atoms with Crippen molar-refractivity contribution in [3.8, 4) is 0 Å². The lowest BCUT2D eigenvalue weighted by Gasteiger charge is -2.24. The molecule has 0 amide bonds. The van der Waals surface area contributed by atoms with Crippen LogP contribution in [-0.2, 0) is 0 Å². The lowest BCUT2D eigenvalue weighted by atomic mass is 9.90. The van der Waals surface area contributed by atoms with E-state index in [2.05, 4.69) is 0 Å². The van der Waals surface area contributed by atoms with Crippen LogP contribution >= 0.6 is 0 Å². The van der Waals surface area contributed by atoms with Crippen molar-refractivity contribution in [1.29, 1.82) is 0 Å². The molecule has 0 saturated heterocycles. The van der Waals surface area contributed by atoms with Crippen LogP contribution in [0.15, 0.2) is 60.7 Å². The van der Waals surface area contributed by atoms with E-state index in [0.29, 0.717) is 17.0 Å². The van der Waals surface area contributed by atoms with Crippen LogP contribution in [0.1, 0.15) is 48.4 Å². The SMILES string of the molecule is CC(C)C(C)C(O)C(C)O.O=C(O)c1ccccc1.O=C(O)c1ccccc1. The number of benzene rings is 2. The first-order chi connectivity index (χ1) is 13.1. The number of hydrogen-bond donors (Lipinski definition) is 4. The van der Waals surface area contributed by atoms with E-state index in [1.165, 1.54) is 0 Å². The fourth-order valence-corrected chi connectivity index (χ4v) is 2.00. The average Bonchev–Trinajstić information content (AvgIpc) is 2.69. The second-order valence-corrected chi connectivity index (χ2v) is 6.68. The fraction of sp³-hybridized carbons (Fsp3) is 0.364. The standard InChI is InChI=1S/C8H18O2.2C7H6O2/c1-5(2)6(3)8(10)7(4)9;2*8-7(9)6-4-2-1-3-5-6/h5-10H,1-4H3;2*1-5H,(H,8,9). The number of aromatic carboxylic acids is 2. The fourth-order valence-electron chi connectivity index (χ4n) is 2.00. The molecule has 6 nitrogen and oxygen atoms in total. The second-order valence-electron chi connectivity index (χ2n) is 6.68. The van der Waals surface area contributed by atoms with Crippen LogP contribution < -0.4 is 0 Å². The van der Waals surface area contributed by atoms with Gasteiger partial charge in [-0.2, -0.15) is 0 Å². The van der Waals surface area contributed by atoms with Crippen molar-refractivity contribution in [2.75, 3.05) is 0 Å². The molecule has 0 spiro atoms. The van der Waals surface area contributed by atoms with Gasteiger partial charge in [0.25, 0.3) is 0 Å². The summed E-state index contributed by atoms with van der Waals surface area (Å²) in [6, 6.07) is 16.6. The Bertz CT molecular complexity index is 621. The minimum atomic E-state index is -0.879. The quantitative estimate of drug-likeness (QED) is 0.617. The average molecular weight is 390 g/mol. The highest BCUT2D eigenvalue weighted by Crippen LogP contribution is 2.16. The lowest BCUT2D eigenvalue weighted by molar-refractivity contribution is -0.0147. The monoisotopic (exact) mass is 390 g/mol. The van der Waals surface area contributed by atoms with E-state index in [9.17, 15) is 14.7 Å². The van der Waals surface area contributed by atoms with E-state index in [1.807, 2.05) is 20.8 Å². The molecule has 0 radical (unpaired) electrons. The summed E-state index contributed by atoms with van der Waals surface area (Å²) < 4.78 is 0.